The molecule has 0 aromatic rings. The Morgan fingerprint density at radius 1 is 0.667 bits per heavy atom. The third-order valence-electron chi connectivity index (χ3n) is 5.87. The summed E-state index contributed by atoms with van der Waals surface area (Å²) in [5.74, 6) is 0.0658. The van der Waals surface area contributed by atoms with Crippen LogP contribution in [-0.4, -0.2) is 37.3 Å². The molecule has 0 heterocycles. The lowest BCUT2D eigenvalue weighted by Gasteiger charge is -2.03. The van der Waals surface area contributed by atoms with Gasteiger partial charge in [-0.25, -0.2) is 0 Å². The van der Waals surface area contributed by atoms with Crippen LogP contribution in [0.15, 0.2) is 10.2 Å². The zero-order valence-electron chi connectivity index (χ0n) is 24.9. The van der Waals surface area contributed by atoms with Crippen LogP contribution in [0.4, 0.5) is 0 Å². The number of unbranched alkanes of at least 4 members (excludes halogenated alkanes) is 16. The number of nitrogens with one attached hydrogen (secondary N) is 1. The molecule has 0 aromatic carbocycles. The summed E-state index contributed by atoms with van der Waals surface area (Å²) in [5.41, 5.74) is 20.6. The van der Waals surface area contributed by atoms with E-state index in [0.29, 0.717) is 39.0 Å². The minimum absolute atomic E-state index is 0.0658. The second-order valence-electron chi connectivity index (χ2n) is 9.56. The number of nitrogens with two attached hydrogens (primary N) is 1. The maximum Gasteiger partial charge on any atom is 0.221 e. The summed E-state index contributed by atoms with van der Waals surface area (Å²) < 4.78 is 0. The molecule has 3 N–H and O–H groups in total. The van der Waals surface area contributed by atoms with E-state index in [9.17, 15) is 9.59 Å². The van der Waals surface area contributed by atoms with E-state index in [0.717, 1.165) is 25.7 Å². The molecule has 0 saturated carbocycles. The largest absolute Gasteiger partial charge is 0.356 e. The number of hydrogen-bond acceptors (Lipinski definition) is 5. The van der Waals surface area contributed by atoms with Crippen molar-refractivity contribution in [2.45, 2.75) is 142 Å². The van der Waals surface area contributed by atoms with E-state index in [1.165, 1.54) is 89.9 Å². The van der Waals surface area contributed by atoms with Gasteiger partial charge in [0, 0.05) is 42.3 Å². The maximum absolute atomic E-state index is 11.4. The lowest BCUT2D eigenvalue weighted by Crippen LogP contribution is -2.25. The molecule has 0 rings (SSSR count). The average molecular weight is 573 g/mol. The molecule has 0 saturated heterocycles. The minimum Gasteiger partial charge on any atom is -0.356 e. The molecule has 0 spiro atoms. The highest BCUT2D eigenvalue weighted by atomic mass is 35.5. The molecule has 0 fully saturated rings. The van der Waals surface area contributed by atoms with Crippen LogP contribution in [0.5, 0.6) is 0 Å². The standard InChI is InChI=1S/C14H28N4O.C12H23ClO.C2H6N4/c1-2-3-4-5-6-7-8-9-10-11-14(19)16-12-13-17-18-15;1-2-3-4-5-6-7-8-9-10-11-12(13)14;3-1-2-5-6-4/h2-13H2,1H3,(H,16,19);2-11H2,1H3;1-3H2. The fraction of sp³-hybridized carbons (Fsp3) is 0.929. The van der Waals surface area contributed by atoms with E-state index in [1.54, 1.807) is 0 Å². The summed E-state index contributed by atoms with van der Waals surface area (Å²) in [6.07, 6.45) is 24.0. The fourth-order valence-electron chi connectivity index (χ4n) is 3.65. The van der Waals surface area contributed by atoms with Gasteiger partial charge in [-0.2, -0.15) is 0 Å². The van der Waals surface area contributed by atoms with E-state index in [-0.39, 0.29) is 11.1 Å². The third kappa shape index (κ3) is 49.5. The Kier molecular flexibility index (Phi) is 43.1. The topological polar surface area (TPSA) is 170 Å². The normalized spacial score (nSPS) is 9.64. The van der Waals surface area contributed by atoms with Crippen molar-refractivity contribution in [3.8, 4) is 0 Å². The van der Waals surface area contributed by atoms with Gasteiger partial charge >= 0.3 is 0 Å². The second kappa shape index (κ2) is 40.5. The van der Waals surface area contributed by atoms with Gasteiger partial charge < -0.3 is 11.1 Å². The number of carbonyl (C=O) groups is 2. The smallest absolute Gasteiger partial charge is 0.221 e. The molecule has 0 radical (unpaired) electrons. The predicted octanol–water partition coefficient (Wildman–Crippen LogP) is 9.26. The summed E-state index contributed by atoms with van der Waals surface area (Å²) >= 11 is 5.24. The van der Waals surface area contributed by atoms with Gasteiger partial charge in [0.1, 0.15) is 0 Å². The van der Waals surface area contributed by atoms with Crippen LogP contribution in [0.3, 0.4) is 0 Å². The van der Waals surface area contributed by atoms with E-state index in [1.807, 2.05) is 0 Å². The summed E-state index contributed by atoms with van der Waals surface area (Å²) in [6.45, 7) is 6.09. The predicted molar refractivity (Wildman–Crippen MR) is 165 cm³/mol. The molecule has 39 heavy (non-hydrogen) atoms. The van der Waals surface area contributed by atoms with Crippen molar-refractivity contribution in [2.75, 3.05) is 26.2 Å². The van der Waals surface area contributed by atoms with Crippen LogP contribution in [0, 0.1) is 0 Å². The van der Waals surface area contributed by atoms with Crippen molar-refractivity contribution < 1.29 is 9.59 Å². The van der Waals surface area contributed by atoms with Gasteiger partial charge in [0.25, 0.3) is 0 Å². The van der Waals surface area contributed by atoms with Crippen LogP contribution in [0.1, 0.15) is 142 Å². The van der Waals surface area contributed by atoms with Crippen LogP contribution in [0.25, 0.3) is 20.9 Å². The lowest BCUT2D eigenvalue weighted by molar-refractivity contribution is -0.121. The number of hydrogen-bond donors (Lipinski definition) is 2. The van der Waals surface area contributed by atoms with Gasteiger partial charge in [0.15, 0.2) is 0 Å². The van der Waals surface area contributed by atoms with E-state index in [2.05, 4.69) is 39.2 Å². The SMILES string of the molecule is CCCCCCCCCCCC(=O)Cl.CCCCCCCCCCCC(=O)NCCN=[N+]=[N-].[N-]=[N+]=NCCN. The fourth-order valence-corrected chi connectivity index (χ4v) is 3.79. The molecule has 228 valence electrons. The van der Waals surface area contributed by atoms with Crippen LogP contribution in [0.2, 0.25) is 0 Å². The first kappa shape index (κ1) is 41.5. The van der Waals surface area contributed by atoms with Gasteiger partial charge in [0.05, 0.1) is 0 Å². The number of halogens is 1. The molecule has 11 heteroatoms. The highest BCUT2D eigenvalue weighted by Crippen LogP contribution is 2.11. The number of nitrogens with zero attached hydrogens (tertiary/aromatic N) is 6. The van der Waals surface area contributed by atoms with Gasteiger partial charge in [-0.1, -0.05) is 127 Å². The summed E-state index contributed by atoms with van der Waals surface area (Å²) in [7, 11) is 0. The Balaban J connectivity index is -0.000000566. The number of carbonyl (C=O) groups excluding carboxylic acids is 2. The van der Waals surface area contributed by atoms with Crippen molar-refractivity contribution in [2.24, 2.45) is 16.0 Å². The first-order chi connectivity index (χ1) is 19.0. The van der Waals surface area contributed by atoms with E-state index < -0.39 is 0 Å². The molecule has 0 aromatic heterocycles. The van der Waals surface area contributed by atoms with Gasteiger partial charge in [-0.3, -0.25) is 9.59 Å². The first-order valence-corrected chi connectivity index (χ1v) is 15.5. The molecule has 0 aliphatic carbocycles. The molecule has 0 unspecified atom stereocenters. The highest BCUT2D eigenvalue weighted by molar-refractivity contribution is 6.63. The second-order valence-corrected chi connectivity index (χ2v) is 9.98. The number of rotatable bonds is 25. The zero-order chi connectivity index (χ0) is 29.7. The molecular formula is C28H57ClN8O2. The molecular weight excluding hydrogens is 516 g/mol. The molecule has 10 nitrogen and oxygen atoms in total. The Morgan fingerprint density at radius 2 is 1.05 bits per heavy atom. The van der Waals surface area contributed by atoms with Gasteiger partial charge in [-0.05, 0) is 42.0 Å². The summed E-state index contributed by atoms with van der Waals surface area (Å²) in [6, 6.07) is 0. The molecule has 0 atom stereocenters. The maximum atomic E-state index is 11.4. The van der Waals surface area contributed by atoms with Gasteiger partial charge in [0.2, 0.25) is 11.1 Å². The van der Waals surface area contributed by atoms with Crippen molar-refractivity contribution in [3.05, 3.63) is 20.9 Å². The molecule has 0 aliphatic heterocycles. The first-order valence-electron chi connectivity index (χ1n) is 15.2. The highest BCUT2D eigenvalue weighted by Gasteiger charge is 2.00. The summed E-state index contributed by atoms with van der Waals surface area (Å²) in [5, 5.41) is 9.06. The molecule has 1 amide bonds. The Labute approximate surface area is 242 Å². The third-order valence-corrected chi connectivity index (χ3v) is 6.06. The van der Waals surface area contributed by atoms with Gasteiger partial charge in [-0.15, -0.1) is 0 Å². The average Bonchev–Trinajstić information content (AvgIpc) is 2.93. The van der Waals surface area contributed by atoms with E-state index in [4.69, 9.17) is 28.4 Å². The van der Waals surface area contributed by atoms with Crippen molar-refractivity contribution in [3.63, 3.8) is 0 Å². The summed E-state index contributed by atoms with van der Waals surface area (Å²) in [4.78, 5) is 26.9. The van der Waals surface area contributed by atoms with Crippen molar-refractivity contribution >= 4 is 22.8 Å². The van der Waals surface area contributed by atoms with E-state index >= 15 is 0 Å². The monoisotopic (exact) mass is 572 g/mol. The minimum atomic E-state index is -0.187. The number of amides is 1. The van der Waals surface area contributed by atoms with Crippen molar-refractivity contribution in [1.29, 1.82) is 0 Å². The van der Waals surface area contributed by atoms with Crippen LogP contribution in [-0.2, 0) is 9.59 Å². The van der Waals surface area contributed by atoms with Crippen LogP contribution >= 0.6 is 11.6 Å². The Bertz CT molecular complexity index is 625. The zero-order valence-corrected chi connectivity index (χ0v) is 25.7. The Morgan fingerprint density at radius 3 is 1.41 bits per heavy atom. The number of azide groups is 2. The van der Waals surface area contributed by atoms with Crippen molar-refractivity contribution in [1.82, 2.24) is 5.32 Å². The Hall–Kier alpha value is -1.99. The quantitative estimate of drug-likeness (QED) is 0.0365. The van der Waals surface area contributed by atoms with Crippen LogP contribution < -0.4 is 11.1 Å². The molecule has 0 bridgehead atoms. The lowest BCUT2D eigenvalue weighted by atomic mass is 10.1. The molecule has 0 aliphatic rings.